The second-order valence-corrected chi connectivity index (χ2v) is 5.71. The van der Waals surface area contributed by atoms with Crippen LogP contribution in [0, 0.1) is 10.1 Å². The summed E-state index contributed by atoms with van der Waals surface area (Å²) in [6.45, 7) is 0.471. The van der Waals surface area contributed by atoms with Crippen LogP contribution in [0.5, 0.6) is 0 Å². The summed E-state index contributed by atoms with van der Waals surface area (Å²) in [5.41, 5.74) is 1.48. The maximum Gasteiger partial charge on any atom is 0.271 e. The van der Waals surface area contributed by atoms with Crippen LogP contribution in [-0.2, 0) is 6.54 Å². The van der Waals surface area contributed by atoms with Gasteiger partial charge in [0.05, 0.1) is 15.6 Å². The molecule has 0 heterocycles. The van der Waals surface area contributed by atoms with Crippen LogP contribution in [0.25, 0.3) is 0 Å². The minimum Gasteiger partial charge on any atom is -0.380 e. The lowest BCUT2D eigenvalue weighted by Crippen LogP contribution is -2.01. The highest BCUT2D eigenvalue weighted by Gasteiger charge is 2.10. The van der Waals surface area contributed by atoms with E-state index in [1.54, 1.807) is 12.1 Å². The molecule has 0 saturated carbocycles. The molecule has 2 rings (SSSR count). The Morgan fingerprint density at radius 3 is 2.60 bits per heavy atom. The van der Waals surface area contributed by atoms with E-state index in [0.717, 1.165) is 10.0 Å². The van der Waals surface area contributed by atoms with E-state index in [1.807, 2.05) is 6.07 Å². The second kappa shape index (κ2) is 6.43. The molecule has 4 nitrogen and oxygen atoms in total. The number of nitrogens with zero attached hydrogens (tertiary/aromatic N) is 1. The summed E-state index contributed by atoms with van der Waals surface area (Å²) >= 11 is 15.3. The van der Waals surface area contributed by atoms with Crippen LogP contribution in [0.3, 0.4) is 0 Å². The number of nitro benzene ring substituents is 1. The smallest absolute Gasteiger partial charge is 0.271 e. The first kappa shape index (κ1) is 15.1. The van der Waals surface area contributed by atoms with E-state index >= 15 is 0 Å². The van der Waals surface area contributed by atoms with Gasteiger partial charge in [-0.25, -0.2) is 0 Å². The molecular formula is C13H9BrCl2N2O2. The maximum atomic E-state index is 10.7. The molecule has 1 N–H and O–H groups in total. The van der Waals surface area contributed by atoms with E-state index < -0.39 is 4.92 Å². The van der Waals surface area contributed by atoms with E-state index in [-0.39, 0.29) is 5.69 Å². The number of benzene rings is 2. The van der Waals surface area contributed by atoms with Gasteiger partial charge in [-0.3, -0.25) is 10.1 Å². The number of non-ortho nitro benzene ring substituents is 1. The Balaban J connectivity index is 2.18. The van der Waals surface area contributed by atoms with Gasteiger partial charge in [0.1, 0.15) is 0 Å². The van der Waals surface area contributed by atoms with Gasteiger partial charge in [-0.05, 0) is 23.8 Å². The average molecular weight is 376 g/mol. The molecule has 0 aliphatic carbocycles. The SMILES string of the molecule is O=[N+]([O-])c1ccc(Cl)c(NCc2ccc(Cl)cc2Br)c1. The summed E-state index contributed by atoms with van der Waals surface area (Å²) < 4.78 is 0.860. The number of hydrogen-bond acceptors (Lipinski definition) is 3. The van der Waals surface area contributed by atoms with Gasteiger partial charge in [-0.2, -0.15) is 0 Å². The van der Waals surface area contributed by atoms with Crippen molar-refractivity contribution in [1.29, 1.82) is 0 Å². The zero-order chi connectivity index (χ0) is 14.7. The standard InChI is InChI=1S/C13H9BrCl2N2O2/c14-11-5-9(15)2-1-8(11)7-17-13-6-10(18(19)20)3-4-12(13)16/h1-6,17H,7H2. The molecule has 20 heavy (non-hydrogen) atoms. The molecular weight excluding hydrogens is 367 g/mol. The number of rotatable bonds is 4. The molecule has 0 aromatic heterocycles. The Labute approximate surface area is 134 Å². The number of nitrogens with one attached hydrogen (secondary N) is 1. The van der Waals surface area contributed by atoms with Gasteiger partial charge < -0.3 is 5.32 Å². The van der Waals surface area contributed by atoms with Gasteiger partial charge in [0.25, 0.3) is 5.69 Å². The minimum atomic E-state index is -0.459. The van der Waals surface area contributed by atoms with E-state index in [4.69, 9.17) is 23.2 Å². The number of halogens is 3. The third-order valence-corrected chi connectivity index (χ3v) is 3.95. The predicted octanol–water partition coefficient (Wildman–Crippen LogP) is 5.28. The summed E-state index contributed by atoms with van der Waals surface area (Å²) in [4.78, 5) is 10.3. The first-order valence-electron chi connectivity index (χ1n) is 5.59. The fraction of sp³-hybridized carbons (Fsp3) is 0.0769. The first-order valence-corrected chi connectivity index (χ1v) is 7.14. The van der Waals surface area contributed by atoms with Crippen molar-refractivity contribution in [2.24, 2.45) is 0 Å². The van der Waals surface area contributed by atoms with Crippen molar-refractivity contribution in [2.45, 2.75) is 6.54 Å². The molecule has 0 unspecified atom stereocenters. The van der Waals surface area contributed by atoms with E-state index in [0.29, 0.717) is 22.3 Å². The topological polar surface area (TPSA) is 55.2 Å². The van der Waals surface area contributed by atoms with Crippen molar-refractivity contribution in [1.82, 2.24) is 0 Å². The quantitative estimate of drug-likeness (QED) is 0.584. The summed E-state index contributed by atoms with van der Waals surface area (Å²) in [6, 6.07) is 9.70. The van der Waals surface area contributed by atoms with Crippen molar-refractivity contribution in [3.63, 3.8) is 0 Å². The molecule has 0 saturated heterocycles. The molecule has 2 aromatic carbocycles. The molecule has 0 radical (unpaired) electrons. The lowest BCUT2D eigenvalue weighted by molar-refractivity contribution is -0.384. The second-order valence-electron chi connectivity index (χ2n) is 4.01. The molecule has 104 valence electrons. The fourth-order valence-electron chi connectivity index (χ4n) is 1.62. The molecule has 0 atom stereocenters. The van der Waals surface area contributed by atoms with E-state index in [9.17, 15) is 10.1 Å². The Kier molecular flexibility index (Phi) is 4.86. The number of nitro groups is 1. The predicted molar refractivity (Wildman–Crippen MR) is 84.6 cm³/mol. The summed E-state index contributed by atoms with van der Waals surface area (Å²) in [6.07, 6.45) is 0. The van der Waals surface area contributed by atoms with Crippen LogP contribution < -0.4 is 5.32 Å². The Morgan fingerprint density at radius 1 is 1.20 bits per heavy atom. The van der Waals surface area contributed by atoms with Crippen LogP contribution in [0.1, 0.15) is 5.56 Å². The van der Waals surface area contributed by atoms with Crippen LogP contribution in [-0.4, -0.2) is 4.92 Å². The lowest BCUT2D eigenvalue weighted by atomic mass is 10.2. The van der Waals surface area contributed by atoms with E-state index in [2.05, 4.69) is 21.2 Å². The lowest BCUT2D eigenvalue weighted by Gasteiger charge is -2.10. The summed E-state index contributed by atoms with van der Waals surface area (Å²) in [7, 11) is 0. The van der Waals surface area contributed by atoms with Gasteiger partial charge in [0, 0.05) is 28.2 Å². The normalized spacial score (nSPS) is 10.3. The highest BCUT2D eigenvalue weighted by atomic mass is 79.9. The largest absolute Gasteiger partial charge is 0.380 e. The van der Waals surface area contributed by atoms with Crippen LogP contribution in [0.4, 0.5) is 11.4 Å². The average Bonchev–Trinajstić information content (AvgIpc) is 2.39. The molecule has 0 spiro atoms. The Bertz CT molecular complexity index is 665. The van der Waals surface area contributed by atoms with Crippen molar-refractivity contribution in [3.05, 3.63) is 66.6 Å². The molecule has 7 heteroatoms. The van der Waals surface area contributed by atoms with Gasteiger partial charge in [0.2, 0.25) is 0 Å². The van der Waals surface area contributed by atoms with E-state index in [1.165, 1.54) is 18.2 Å². The van der Waals surface area contributed by atoms with Gasteiger partial charge in [-0.1, -0.05) is 45.2 Å². The van der Waals surface area contributed by atoms with Gasteiger partial charge >= 0.3 is 0 Å². The molecule has 0 aliphatic heterocycles. The van der Waals surface area contributed by atoms with Crippen molar-refractivity contribution in [2.75, 3.05) is 5.32 Å². The molecule has 0 amide bonds. The minimum absolute atomic E-state index is 0.00734. The third-order valence-electron chi connectivity index (χ3n) is 2.65. The fourth-order valence-corrected chi connectivity index (χ4v) is 2.63. The Hall–Kier alpha value is -1.30. The van der Waals surface area contributed by atoms with Gasteiger partial charge in [0.15, 0.2) is 0 Å². The highest BCUT2D eigenvalue weighted by Crippen LogP contribution is 2.28. The first-order chi connectivity index (χ1) is 9.47. The molecule has 0 aliphatic rings. The van der Waals surface area contributed by atoms with Crippen LogP contribution in [0.2, 0.25) is 10.0 Å². The van der Waals surface area contributed by atoms with Crippen LogP contribution in [0.15, 0.2) is 40.9 Å². The zero-order valence-corrected chi connectivity index (χ0v) is 13.2. The van der Waals surface area contributed by atoms with Crippen molar-refractivity contribution < 1.29 is 4.92 Å². The zero-order valence-electron chi connectivity index (χ0n) is 10.1. The number of anilines is 1. The van der Waals surface area contributed by atoms with Crippen molar-refractivity contribution in [3.8, 4) is 0 Å². The highest BCUT2D eigenvalue weighted by molar-refractivity contribution is 9.10. The molecule has 0 bridgehead atoms. The summed E-state index contributed by atoms with van der Waals surface area (Å²) in [5, 5.41) is 14.9. The Morgan fingerprint density at radius 2 is 1.95 bits per heavy atom. The molecule has 0 fully saturated rings. The molecule has 2 aromatic rings. The van der Waals surface area contributed by atoms with Crippen molar-refractivity contribution >= 4 is 50.5 Å². The summed E-state index contributed by atoms with van der Waals surface area (Å²) in [5.74, 6) is 0. The third kappa shape index (κ3) is 3.62. The number of hydrogen-bond donors (Lipinski definition) is 1. The maximum absolute atomic E-state index is 10.7. The van der Waals surface area contributed by atoms with Crippen LogP contribution >= 0.6 is 39.1 Å². The monoisotopic (exact) mass is 374 g/mol. The van der Waals surface area contributed by atoms with Gasteiger partial charge in [-0.15, -0.1) is 0 Å².